The highest BCUT2D eigenvalue weighted by atomic mass is 32.2. The highest BCUT2D eigenvalue weighted by Gasteiger charge is 2.37. The lowest BCUT2D eigenvalue weighted by Gasteiger charge is -2.38. The first-order chi connectivity index (χ1) is 7.31. The van der Waals surface area contributed by atoms with Crippen LogP contribution < -0.4 is 4.72 Å². The van der Waals surface area contributed by atoms with E-state index in [1.54, 1.807) is 0 Å². The van der Waals surface area contributed by atoms with Gasteiger partial charge >= 0.3 is 0 Å². The predicted octanol–water partition coefficient (Wildman–Crippen LogP) is 0.324. The topological polar surface area (TPSA) is 69.6 Å². The van der Waals surface area contributed by atoms with Gasteiger partial charge in [0.25, 0.3) is 10.2 Å². The standard InChI is InChI=1S/C10H22N2O3S/c1-9-4-6-10(8-13,7-5-9)11-16(14,15)12(2)3/h9,11,13H,4-8H2,1-3H3. The van der Waals surface area contributed by atoms with Gasteiger partial charge in [0.2, 0.25) is 0 Å². The van der Waals surface area contributed by atoms with Crippen molar-refractivity contribution in [2.24, 2.45) is 5.92 Å². The van der Waals surface area contributed by atoms with E-state index in [0.29, 0.717) is 18.8 Å². The van der Waals surface area contributed by atoms with Gasteiger partial charge in [-0.15, -0.1) is 0 Å². The summed E-state index contributed by atoms with van der Waals surface area (Å²) in [4.78, 5) is 0. The smallest absolute Gasteiger partial charge is 0.279 e. The summed E-state index contributed by atoms with van der Waals surface area (Å²) in [6.45, 7) is 2.02. The Morgan fingerprint density at radius 2 is 1.88 bits per heavy atom. The molecule has 0 amide bonds. The maximum Gasteiger partial charge on any atom is 0.279 e. The van der Waals surface area contributed by atoms with Crippen LogP contribution in [0, 0.1) is 5.92 Å². The lowest BCUT2D eigenvalue weighted by atomic mass is 9.78. The molecule has 0 heterocycles. The van der Waals surface area contributed by atoms with Crippen LogP contribution >= 0.6 is 0 Å². The van der Waals surface area contributed by atoms with Crippen LogP contribution in [-0.2, 0) is 10.2 Å². The van der Waals surface area contributed by atoms with Crippen LogP contribution in [-0.4, -0.2) is 44.1 Å². The Morgan fingerprint density at radius 3 is 2.25 bits per heavy atom. The Balaban J connectivity index is 2.76. The maximum atomic E-state index is 11.7. The molecule has 0 radical (unpaired) electrons. The van der Waals surface area contributed by atoms with Gasteiger partial charge in [0.05, 0.1) is 12.1 Å². The van der Waals surface area contributed by atoms with Gasteiger partial charge in [-0.1, -0.05) is 6.92 Å². The number of aliphatic hydroxyl groups excluding tert-OH is 1. The summed E-state index contributed by atoms with van der Waals surface area (Å²) in [5.74, 6) is 0.614. The number of nitrogens with one attached hydrogen (secondary N) is 1. The molecule has 6 heteroatoms. The van der Waals surface area contributed by atoms with Crippen LogP contribution in [0.15, 0.2) is 0 Å². The Morgan fingerprint density at radius 1 is 1.38 bits per heavy atom. The third-order valence-corrected chi connectivity index (χ3v) is 5.01. The van der Waals surface area contributed by atoms with Crippen molar-refractivity contribution in [1.82, 2.24) is 9.03 Å². The van der Waals surface area contributed by atoms with E-state index in [0.717, 1.165) is 17.1 Å². The highest BCUT2D eigenvalue weighted by molar-refractivity contribution is 7.87. The molecular formula is C10H22N2O3S. The maximum absolute atomic E-state index is 11.7. The SMILES string of the molecule is CC1CCC(CO)(NS(=O)(=O)N(C)C)CC1. The molecule has 0 aromatic heterocycles. The van der Waals surface area contributed by atoms with E-state index in [2.05, 4.69) is 11.6 Å². The fraction of sp³-hybridized carbons (Fsp3) is 1.00. The molecule has 0 bridgehead atoms. The molecule has 0 spiro atoms. The van der Waals surface area contributed by atoms with Crippen LogP contribution in [0.3, 0.4) is 0 Å². The van der Waals surface area contributed by atoms with Crippen LogP contribution in [0.4, 0.5) is 0 Å². The van der Waals surface area contributed by atoms with Gasteiger partial charge in [0, 0.05) is 14.1 Å². The van der Waals surface area contributed by atoms with Crippen molar-refractivity contribution in [2.75, 3.05) is 20.7 Å². The second-order valence-corrected chi connectivity index (χ2v) is 6.90. The van der Waals surface area contributed by atoms with E-state index in [4.69, 9.17) is 0 Å². The predicted molar refractivity (Wildman–Crippen MR) is 63.2 cm³/mol. The average Bonchev–Trinajstić information content (AvgIpc) is 2.21. The summed E-state index contributed by atoms with van der Waals surface area (Å²) < 4.78 is 27.3. The fourth-order valence-electron chi connectivity index (χ4n) is 1.97. The Labute approximate surface area is 98.0 Å². The number of aliphatic hydroxyl groups is 1. The fourth-order valence-corrected chi connectivity index (χ4v) is 2.97. The van der Waals surface area contributed by atoms with Crippen molar-refractivity contribution >= 4 is 10.2 Å². The molecule has 1 aliphatic rings. The second-order valence-electron chi connectivity index (χ2n) is 5.01. The second kappa shape index (κ2) is 5.00. The third-order valence-electron chi connectivity index (χ3n) is 3.36. The lowest BCUT2D eigenvalue weighted by Crippen LogP contribution is -2.55. The molecule has 0 aliphatic heterocycles. The van der Waals surface area contributed by atoms with Crippen LogP contribution in [0.25, 0.3) is 0 Å². The van der Waals surface area contributed by atoms with Gasteiger partial charge in [-0.3, -0.25) is 0 Å². The van der Waals surface area contributed by atoms with E-state index in [1.165, 1.54) is 14.1 Å². The van der Waals surface area contributed by atoms with Gasteiger partial charge in [-0.05, 0) is 31.6 Å². The average molecular weight is 250 g/mol. The minimum atomic E-state index is -3.46. The molecule has 0 aromatic carbocycles. The van der Waals surface area contributed by atoms with Gasteiger partial charge in [0.1, 0.15) is 0 Å². The van der Waals surface area contributed by atoms with Crippen LogP contribution in [0.2, 0.25) is 0 Å². The molecule has 0 unspecified atom stereocenters. The van der Waals surface area contributed by atoms with Crippen molar-refractivity contribution in [1.29, 1.82) is 0 Å². The number of rotatable bonds is 4. The van der Waals surface area contributed by atoms with Gasteiger partial charge in [-0.25, -0.2) is 0 Å². The Bertz CT molecular complexity index is 319. The van der Waals surface area contributed by atoms with Crippen molar-refractivity contribution in [3.63, 3.8) is 0 Å². The summed E-state index contributed by atoms with van der Waals surface area (Å²) in [7, 11) is -0.493. The van der Waals surface area contributed by atoms with Gasteiger partial charge < -0.3 is 5.11 Å². The van der Waals surface area contributed by atoms with E-state index in [9.17, 15) is 13.5 Å². The minimum Gasteiger partial charge on any atom is -0.394 e. The molecule has 96 valence electrons. The van der Waals surface area contributed by atoms with Crippen molar-refractivity contribution in [3.8, 4) is 0 Å². The normalized spacial score (nSPS) is 31.9. The molecule has 1 rings (SSSR count). The summed E-state index contributed by atoms with van der Waals surface area (Å²) in [5, 5.41) is 9.43. The van der Waals surface area contributed by atoms with Crippen molar-refractivity contribution in [2.45, 2.75) is 38.1 Å². The first-order valence-electron chi connectivity index (χ1n) is 5.64. The van der Waals surface area contributed by atoms with E-state index in [-0.39, 0.29) is 6.61 Å². The number of nitrogens with zero attached hydrogens (tertiary/aromatic N) is 1. The number of hydrogen-bond acceptors (Lipinski definition) is 3. The van der Waals surface area contributed by atoms with E-state index >= 15 is 0 Å². The summed E-state index contributed by atoms with van der Waals surface area (Å²) in [6, 6.07) is 0. The first kappa shape index (κ1) is 13.9. The van der Waals surface area contributed by atoms with Crippen LogP contribution in [0.1, 0.15) is 32.6 Å². The Hall–Kier alpha value is -0.170. The monoisotopic (exact) mass is 250 g/mol. The van der Waals surface area contributed by atoms with Crippen LogP contribution in [0.5, 0.6) is 0 Å². The van der Waals surface area contributed by atoms with Crippen molar-refractivity contribution in [3.05, 3.63) is 0 Å². The largest absolute Gasteiger partial charge is 0.394 e. The molecule has 0 aromatic rings. The van der Waals surface area contributed by atoms with Gasteiger partial charge in [-0.2, -0.15) is 17.4 Å². The third kappa shape index (κ3) is 3.16. The van der Waals surface area contributed by atoms with E-state index in [1.807, 2.05) is 0 Å². The van der Waals surface area contributed by atoms with Crippen molar-refractivity contribution < 1.29 is 13.5 Å². The molecule has 1 saturated carbocycles. The molecule has 16 heavy (non-hydrogen) atoms. The van der Waals surface area contributed by atoms with Gasteiger partial charge in [0.15, 0.2) is 0 Å². The molecular weight excluding hydrogens is 228 g/mol. The zero-order valence-electron chi connectivity index (χ0n) is 10.2. The minimum absolute atomic E-state index is 0.132. The Kier molecular flexibility index (Phi) is 4.34. The molecule has 5 nitrogen and oxygen atoms in total. The zero-order chi connectivity index (χ0) is 12.4. The first-order valence-corrected chi connectivity index (χ1v) is 7.08. The molecule has 2 N–H and O–H groups in total. The summed E-state index contributed by atoms with van der Waals surface area (Å²) >= 11 is 0. The molecule has 0 saturated heterocycles. The summed E-state index contributed by atoms with van der Waals surface area (Å²) in [6.07, 6.45) is 3.32. The molecule has 1 aliphatic carbocycles. The lowest BCUT2D eigenvalue weighted by molar-refractivity contribution is 0.124. The van der Waals surface area contributed by atoms with E-state index < -0.39 is 15.7 Å². The quantitative estimate of drug-likeness (QED) is 0.755. The zero-order valence-corrected chi connectivity index (χ0v) is 11.0. The molecule has 0 atom stereocenters. The summed E-state index contributed by atoms with van der Waals surface area (Å²) in [5.41, 5.74) is -0.657. The highest BCUT2D eigenvalue weighted by Crippen LogP contribution is 2.32. The number of hydrogen-bond donors (Lipinski definition) is 2. The molecule has 1 fully saturated rings.